The average Bonchev–Trinajstić information content (AvgIpc) is 2.60. The molecule has 0 heterocycles. The van der Waals surface area contributed by atoms with Gasteiger partial charge in [0.15, 0.2) is 0 Å². The molecular weight excluding hydrogens is 306 g/mol. The molecule has 23 heavy (non-hydrogen) atoms. The maximum Gasteiger partial charge on any atom is 0.125 e. The Labute approximate surface area is 143 Å². The van der Waals surface area contributed by atoms with Crippen LogP contribution in [-0.2, 0) is 15.7 Å². The van der Waals surface area contributed by atoms with Crippen molar-refractivity contribution in [2.45, 2.75) is 51.5 Å². The van der Waals surface area contributed by atoms with E-state index < -0.39 is 11.0 Å². The number of benzene rings is 2. The van der Waals surface area contributed by atoms with Crippen LogP contribution in [0.3, 0.4) is 0 Å². The first-order chi connectivity index (χ1) is 11.2. The Morgan fingerprint density at radius 3 is 2.39 bits per heavy atom. The molecule has 0 aliphatic carbocycles. The molecule has 4 heteroatoms. The topological polar surface area (TPSA) is 38.3 Å². The summed E-state index contributed by atoms with van der Waals surface area (Å²) in [6, 6.07) is 12.3. The molecule has 2 aromatic rings. The Hall–Kier alpha value is -1.23. The highest BCUT2D eigenvalue weighted by atomic mass is 32.2. The van der Waals surface area contributed by atoms with Gasteiger partial charge in [-0.2, -0.15) is 0 Å². The second kappa shape index (κ2) is 10.5. The molecule has 128 valence electrons. The Morgan fingerprint density at radius 2 is 1.78 bits per heavy atom. The van der Waals surface area contributed by atoms with E-state index in [4.69, 9.17) is 4.74 Å². The minimum atomic E-state index is -1.21. The van der Waals surface area contributed by atoms with Gasteiger partial charge >= 0.3 is 0 Å². The van der Waals surface area contributed by atoms with E-state index in [1.165, 1.54) is 5.56 Å². The van der Waals surface area contributed by atoms with Crippen LogP contribution in [0.4, 0.5) is 0 Å². The molecule has 2 rings (SSSR count). The summed E-state index contributed by atoms with van der Waals surface area (Å²) < 4.78 is 21.0. The first kappa shape index (κ1) is 19.8. The summed E-state index contributed by atoms with van der Waals surface area (Å²) in [6.07, 6.45) is 1.79. The predicted octanol–water partition coefficient (Wildman–Crippen LogP) is 4.60. The first-order valence-electron chi connectivity index (χ1n) is 8.32. The van der Waals surface area contributed by atoms with Gasteiger partial charge in [0.05, 0.1) is 4.90 Å². The number of hydrogen-bond donors (Lipinski definition) is 1. The lowest BCUT2D eigenvalue weighted by Gasteiger charge is -2.17. The summed E-state index contributed by atoms with van der Waals surface area (Å²) in [6.45, 7) is 8.85. The molecule has 0 aliphatic rings. The fraction of sp³-hybridized carbons (Fsp3) is 0.474. The lowest BCUT2D eigenvalue weighted by atomic mass is 10.1. The smallest absolute Gasteiger partial charge is 0.125 e. The van der Waals surface area contributed by atoms with E-state index in [0.29, 0.717) is 6.61 Å². The van der Waals surface area contributed by atoms with Gasteiger partial charge in [0.2, 0.25) is 0 Å². The summed E-state index contributed by atoms with van der Waals surface area (Å²) >= 11 is 0. The lowest BCUT2D eigenvalue weighted by molar-refractivity contribution is 0.185. The molecule has 0 aliphatic heterocycles. The zero-order valence-corrected chi connectivity index (χ0v) is 15.7. The molecule has 0 bridgehead atoms. The van der Waals surface area contributed by atoms with Crippen molar-refractivity contribution in [1.82, 2.24) is 4.72 Å². The van der Waals surface area contributed by atoms with Gasteiger partial charge in [0, 0.05) is 19.8 Å². The van der Waals surface area contributed by atoms with Gasteiger partial charge in [-0.3, -0.25) is 0 Å². The normalized spacial score (nSPS) is 13.3. The van der Waals surface area contributed by atoms with E-state index >= 15 is 0 Å². The second-order valence-electron chi connectivity index (χ2n) is 5.20. The Balaban J connectivity index is 0.00000127. The van der Waals surface area contributed by atoms with E-state index in [1.54, 1.807) is 7.11 Å². The highest BCUT2D eigenvalue weighted by Gasteiger charge is 2.14. The Bertz CT molecular complexity index is 628. The molecule has 0 fully saturated rings. The third-order valence-electron chi connectivity index (χ3n) is 3.74. The lowest BCUT2D eigenvalue weighted by Crippen LogP contribution is -2.31. The van der Waals surface area contributed by atoms with Crippen LogP contribution in [0.2, 0.25) is 0 Å². The fourth-order valence-corrected chi connectivity index (χ4v) is 3.69. The van der Waals surface area contributed by atoms with Crippen molar-refractivity contribution >= 4 is 21.8 Å². The molecule has 0 radical (unpaired) electrons. The molecule has 0 amide bonds. The minimum absolute atomic E-state index is 0.200. The number of fused-ring (bicyclic) bond motifs is 1. The molecule has 0 saturated heterocycles. The van der Waals surface area contributed by atoms with Crippen molar-refractivity contribution in [3.63, 3.8) is 0 Å². The van der Waals surface area contributed by atoms with Crippen molar-refractivity contribution in [3.8, 4) is 0 Å². The van der Waals surface area contributed by atoms with Crippen molar-refractivity contribution in [1.29, 1.82) is 0 Å². The quantitative estimate of drug-likeness (QED) is 0.803. The predicted molar refractivity (Wildman–Crippen MR) is 100 cm³/mol. The first-order valence-corrected chi connectivity index (χ1v) is 9.47. The molecule has 0 saturated carbocycles. The molecule has 1 N–H and O–H groups in total. The maximum absolute atomic E-state index is 12.7. The highest BCUT2D eigenvalue weighted by molar-refractivity contribution is 7.83. The van der Waals surface area contributed by atoms with Crippen LogP contribution < -0.4 is 4.72 Å². The van der Waals surface area contributed by atoms with Gasteiger partial charge in [-0.05, 0) is 42.2 Å². The third kappa shape index (κ3) is 5.41. The zero-order valence-electron chi connectivity index (χ0n) is 14.9. The summed E-state index contributed by atoms with van der Waals surface area (Å²) in [7, 11) is 0.486. The number of aryl methyl sites for hydroxylation is 1. The van der Waals surface area contributed by atoms with Crippen molar-refractivity contribution < 1.29 is 8.95 Å². The van der Waals surface area contributed by atoms with Crippen LogP contribution in [0.5, 0.6) is 0 Å². The van der Waals surface area contributed by atoms with Gasteiger partial charge in [-0.15, -0.1) is 0 Å². The fourth-order valence-electron chi connectivity index (χ4n) is 2.41. The average molecular weight is 336 g/mol. The summed E-state index contributed by atoms with van der Waals surface area (Å²) in [5.41, 5.74) is 1.21. The molecular formula is C19H29NO2S. The van der Waals surface area contributed by atoms with Gasteiger partial charge in [-0.1, -0.05) is 51.1 Å². The van der Waals surface area contributed by atoms with E-state index in [-0.39, 0.29) is 6.04 Å². The van der Waals surface area contributed by atoms with E-state index in [2.05, 4.69) is 24.6 Å². The largest absolute Gasteiger partial charge is 0.385 e. The van der Waals surface area contributed by atoms with Gasteiger partial charge < -0.3 is 4.74 Å². The van der Waals surface area contributed by atoms with Crippen LogP contribution in [0.25, 0.3) is 10.8 Å². The van der Waals surface area contributed by atoms with Crippen molar-refractivity contribution in [3.05, 3.63) is 42.0 Å². The van der Waals surface area contributed by atoms with Crippen molar-refractivity contribution in [2.24, 2.45) is 0 Å². The van der Waals surface area contributed by atoms with Gasteiger partial charge in [0.25, 0.3) is 0 Å². The second-order valence-corrected chi connectivity index (χ2v) is 6.41. The van der Waals surface area contributed by atoms with Crippen LogP contribution in [0.1, 0.15) is 39.2 Å². The Kier molecular flexibility index (Phi) is 9.07. The zero-order chi connectivity index (χ0) is 17.2. The molecule has 2 atom stereocenters. The van der Waals surface area contributed by atoms with Crippen LogP contribution in [0.15, 0.2) is 41.3 Å². The third-order valence-corrected chi connectivity index (χ3v) is 5.04. The number of hydrogen-bond acceptors (Lipinski definition) is 2. The molecule has 2 aromatic carbocycles. The number of rotatable bonds is 7. The van der Waals surface area contributed by atoms with E-state index in [0.717, 1.165) is 28.5 Å². The van der Waals surface area contributed by atoms with Gasteiger partial charge in [-0.25, -0.2) is 8.93 Å². The molecule has 0 aromatic heterocycles. The summed E-state index contributed by atoms with van der Waals surface area (Å²) in [4.78, 5) is 0.854. The molecule has 0 spiro atoms. The number of nitrogens with one attached hydrogen (secondary N) is 1. The standard InChI is InChI=1S/C17H23NO2S.C2H6/c1-4-14(11-12-20-3)18-21(19)17-10-9-13(2)15-7-5-6-8-16(15)17;1-2/h5-10,14,18H,4,11-12H2,1-3H3;1-2H3. The monoisotopic (exact) mass is 335 g/mol. The molecule has 3 nitrogen and oxygen atoms in total. The van der Waals surface area contributed by atoms with E-state index in [1.807, 2.05) is 44.2 Å². The molecule has 2 unspecified atom stereocenters. The van der Waals surface area contributed by atoms with Crippen LogP contribution in [0, 0.1) is 6.92 Å². The van der Waals surface area contributed by atoms with Crippen LogP contribution in [-0.4, -0.2) is 24.0 Å². The van der Waals surface area contributed by atoms with Gasteiger partial charge in [0.1, 0.15) is 11.0 Å². The number of methoxy groups -OCH3 is 1. The SMILES string of the molecule is CC.CCC(CCOC)NS(=O)c1ccc(C)c2ccccc12. The minimum Gasteiger partial charge on any atom is -0.385 e. The summed E-state index contributed by atoms with van der Waals surface area (Å²) in [5, 5.41) is 2.22. The highest BCUT2D eigenvalue weighted by Crippen LogP contribution is 2.24. The number of ether oxygens (including phenoxy) is 1. The maximum atomic E-state index is 12.7. The van der Waals surface area contributed by atoms with Crippen molar-refractivity contribution in [2.75, 3.05) is 13.7 Å². The summed E-state index contributed by atoms with van der Waals surface area (Å²) in [5.74, 6) is 0. The Morgan fingerprint density at radius 1 is 1.13 bits per heavy atom. The van der Waals surface area contributed by atoms with E-state index in [9.17, 15) is 4.21 Å². The van der Waals surface area contributed by atoms with Crippen LogP contribution >= 0.6 is 0 Å².